The Bertz CT molecular complexity index is 991. The first-order valence-electron chi connectivity index (χ1n) is 12.1. The molecule has 184 valence electrons. The average molecular weight is 469 g/mol. The number of aliphatic hydroxyl groups excluding tert-OH is 1. The van der Waals surface area contributed by atoms with E-state index in [9.17, 15) is 19.8 Å². The molecule has 1 saturated heterocycles. The van der Waals surface area contributed by atoms with Crippen LogP contribution >= 0.6 is 0 Å². The first-order valence-corrected chi connectivity index (χ1v) is 12.1. The zero-order valence-electron chi connectivity index (χ0n) is 20.3. The Kier molecular flexibility index (Phi) is 8.93. The van der Waals surface area contributed by atoms with Gasteiger partial charge >= 0.3 is 5.97 Å². The summed E-state index contributed by atoms with van der Waals surface area (Å²) in [5.41, 5.74) is 2.88. The van der Waals surface area contributed by atoms with E-state index in [1.54, 1.807) is 19.1 Å². The molecule has 34 heavy (non-hydrogen) atoms. The molecular formula is C27H36N2O5. The summed E-state index contributed by atoms with van der Waals surface area (Å²) in [7, 11) is 0. The molecule has 0 saturated carbocycles. The minimum absolute atomic E-state index is 0.0846. The third kappa shape index (κ3) is 6.73. The predicted molar refractivity (Wildman–Crippen MR) is 133 cm³/mol. The van der Waals surface area contributed by atoms with Crippen LogP contribution < -0.4 is 15.0 Å². The van der Waals surface area contributed by atoms with Crippen molar-refractivity contribution in [2.45, 2.75) is 58.6 Å². The standard InChI is InChI=1S/C27H36N2O5/c1-4-34-25-15-19(11-12-22(25)27(32)33)16-26(31)28-23(14-18(2)3)21-9-5-6-10-24(21)29-13-7-8-20(30)17-29/h5-6,9-12,15,18,20,23,30H,4,7-8,13-14,16-17H2,1-3H3,(H,28,31)(H,32,33)/t20-,23-/m1/s1. The van der Waals surface area contributed by atoms with Crippen LogP contribution in [0.15, 0.2) is 42.5 Å². The minimum atomic E-state index is -1.06. The molecule has 0 aromatic heterocycles. The van der Waals surface area contributed by atoms with Gasteiger partial charge in [0.1, 0.15) is 11.3 Å². The Balaban J connectivity index is 1.81. The number of hydrogen-bond acceptors (Lipinski definition) is 5. The van der Waals surface area contributed by atoms with E-state index < -0.39 is 5.97 Å². The highest BCUT2D eigenvalue weighted by molar-refractivity contribution is 5.91. The van der Waals surface area contributed by atoms with E-state index in [0.717, 1.165) is 37.1 Å². The van der Waals surface area contributed by atoms with Crippen LogP contribution in [0, 0.1) is 5.92 Å². The number of anilines is 1. The molecule has 1 aliphatic heterocycles. The lowest BCUT2D eigenvalue weighted by atomic mass is 9.94. The molecule has 0 aliphatic carbocycles. The number of hydrogen-bond donors (Lipinski definition) is 3. The van der Waals surface area contributed by atoms with Gasteiger partial charge in [-0.1, -0.05) is 38.1 Å². The van der Waals surface area contributed by atoms with Crippen molar-refractivity contribution in [1.29, 1.82) is 0 Å². The highest BCUT2D eigenvalue weighted by Crippen LogP contribution is 2.32. The lowest BCUT2D eigenvalue weighted by molar-refractivity contribution is -0.121. The number of para-hydroxylation sites is 1. The van der Waals surface area contributed by atoms with Crippen LogP contribution in [0.4, 0.5) is 5.69 Å². The second kappa shape index (κ2) is 11.9. The van der Waals surface area contributed by atoms with Crippen LogP contribution in [-0.2, 0) is 11.2 Å². The van der Waals surface area contributed by atoms with Crippen molar-refractivity contribution in [3.63, 3.8) is 0 Å². The molecule has 0 spiro atoms. The number of nitrogens with one attached hydrogen (secondary N) is 1. The van der Waals surface area contributed by atoms with Gasteiger partial charge in [-0.2, -0.15) is 0 Å². The van der Waals surface area contributed by atoms with Crippen LogP contribution in [0.3, 0.4) is 0 Å². The Morgan fingerprint density at radius 2 is 1.97 bits per heavy atom. The number of aliphatic hydroxyl groups is 1. The van der Waals surface area contributed by atoms with Crippen molar-refractivity contribution in [2.75, 3.05) is 24.6 Å². The van der Waals surface area contributed by atoms with Crippen LogP contribution in [0.2, 0.25) is 0 Å². The van der Waals surface area contributed by atoms with Crippen LogP contribution in [0.5, 0.6) is 5.75 Å². The zero-order chi connectivity index (χ0) is 24.7. The molecule has 7 heteroatoms. The third-order valence-corrected chi connectivity index (χ3v) is 6.03. The molecule has 1 heterocycles. The van der Waals surface area contributed by atoms with E-state index in [1.807, 2.05) is 12.1 Å². The number of carboxylic acids is 1. The number of piperidine rings is 1. The summed E-state index contributed by atoms with van der Waals surface area (Å²) in [4.78, 5) is 26.7. The van der Waals surface area contributed by atoms with E-state index in [4.69, 9.17) is 4.74 Å². The maximum atomic E-state index is 13.1. The number of carboxylic acid groups (broad SMARTS) is 1. The van der Waals surface area contributed by atoms with Gasteiger partial charge in [0.05, 0.1) is 25.2 Å². The molecule has 0 radical (unpaired) electrons. The monoisotopic (exact) mass is 468 g/mol. The SMILES string of the molecule is CCOc1cc(CC(=O)N[C@H](CC(C)C)c2ccccc2N2CCC[C@@H](O)C2)ccc1C(=O)O. The molecule has 0 bridgehead atoms. The van der Waals surface area contributed by atoms with Crippen molar-refractivity contribution in [1.82, 2.24) is 5.32 Å². The van der Waals surface area contributed by atoms with Gasteiger partial charge in [0.25, 0.3) is 0 Å². The highest BCUT2D eigenvalue weighted by atomic mass is 16.5. The maximum absolute atomic E-state index is 13.1. The van der Waals surface area contributed by atoms with Gasteiger partial charge in [0, 0.05) is 18.8 Å². The summed E-state index contributed by atoms with van der Waals surface area (Å²) in [5.74, 6) is -0.557. The topological polar surface area (TPSA) is 99.1 Å². The summed E-state index contributed by atoms with van der Waals surface area (Å²) in [6.45, 7) is 7.87. The second-order valence-electron chi connectivity index (χ2n) is 9.30. The fraction of sp³-hybridized carbons (Fsp3) is 0.481. The quantitative estimate of drug-likeness (QED) is 0.484. The number of β-amino-alcohol motifs (C(OH)–C–C–N with tert-alkyl or cyclic N) is 1. The number of rotatable bonds is 10. The van der Waals surface area contributed by atoms with Crippen LogP contribution in [-0.4, -0.2) is 47.9 Å². The summed E-state index contributed by atoms with van der Waals surface area (Å²) < 4.78 is 5.48. The number of carbonyl (C=O) groups excluding carboxylic acids is 1. The molecule has 1 fully saturated rings. The number of aromatic carboxylic acids is 1. The third-order valence-electron chi connectivity index (χ3n) is 6.03. The van der Waals surface area contributed by atoms with Crippen molar-refractivity contribution in [2.24, 2.45) is 5.92 Å². The highest BCUT2D eigenvalue weighted by Gasteiger charge is 2.25. The summed E-state index contributed by atoms with van der Waals surface area (Å²) >= 11 is 0. The average Bonchev–Trinajstić information content (AvgIpc) is 2.78. The molecule has 3 rings (SSSR count). The normalized spacial score (nSPS) is 16.9. The lowest BCUT2D eigenvalue weighted by Crippen LogP contribution is -2.39. The maximum Gasteiger partial charge on any atom is 0.339 e. The Labute approximate surface area is 201 Å². The molecule has 2 aromatic rings. The molecule has 1 aliphatic rings. The number of benzene rings is 2. The molecule has 3 N–H and O–H groups in total. The van der Waals surface area contributed by atoms with Gasteiger partial charge in [-0.3, -0.25) is 4.79 Å². The fourth-order valence-corrected chi connectivity index (χ4v) is 4.54. The molecule has 1 amide bonds. The smallest absolute Gasteiger partial charge is 0.339 e. The van der Waals surface area contributed by atoms with Gasteiger partial charge in [-0.15, -0.1) is 0 Å². The molecule has 2 aromatic carbocycles. The molecule has 0 unspecified atom stereocenters. The van der Waals surface area contributed by atoms with E-state index in [0.29, 0.717) is 24.6 Å². The zero-order valence-corrected chi connectivity index (χ0v) is 20.3. The van der Waals surface area contributed by atoms with E-state index in [-0.39, 0.29) is 35.8 Å². The van der Waals surface area contributed by atoms with Crippen molar-refractivity contribution in [3.05, 3.63) is 59.2 Å². The van der Waals surface area contributed by atoms with Crippen molar-refractivity contribution in [3.8, 4) is 5.75 Å². The summed E-state index contributed by atoms with van der Waals surface area (Å²) in [6.07, 6.45) is 2.31. The Morgan fingerprint density at radius 1 is 1.21 bits per heavy atom. The summed E-state index contributed by atoms with van der Waals surface area (Å²) in [5, 5.41) is 22.8. The number of ether oxygens (including phenoxy) is 1. The number of carbonyl (C=O) groups is 2. The Hall–Kier alpha value is -3.06. The number of nitrogens with zero attached hydrogens (tertiary/aromatic N) is 1. The van der Waals surface area contributed by atoms with Gasteiger partial charge < -0.3 is 25.2 Å². The van der Waals surface area contributed by atoms with Crippen molar-refractivity contribution >= 4 is 17.6 Å². The fourth-order valence-electron chi connectivity index (χ4n) is 4.54. The van der Waals surface area contributed by atoms with Crippen molar-refractivity contribution < 1.29 is 24.5 Å². The molecular weight excluding hydrogens is 432 g/mol. The molecule has 2 atom stereocenters. The lowest BCUT2D eigenvalue weighted by Gasteiger charge is -2.35. The van der Waals surface area contributed by atoms with Crippen LogP contribution in [0.1, 0.15) is 67.6 Å². The second-order valence-corrected chi connectivity index (χ2v) is 9.30. The minimum Gasteiger partial charge on any atom is -0.493 e. The van der Waals surface area contributed by atoms with Gasteiger partial charge in [0.2, 0.25) is 5.91 Å². The van der Waals surface area contributed by atoms with Gasteiger partial charge in [-0.05, 0) is 61.4 Å². The Morgan fingerprint density at radius 3 is 2.65 bits per heavy atom. The van der Waals surface area contributed by atoms with Gasteiger partial charge in [0.15, 0.2) is 0 Å². The number of amides is 1. The van der Waals surface area contributed by atoms with Crippen LogP contribution in [0.25, 0.3) is 0 Å². The van der Waals surface area contributed by atoms with E-state index in [1.165, 1.54) is 6.07 Å². The predicted octanol–water partition coefficient (Wildman–Crippen LogP) is 4.19. The first-order chi connectivity index (χ1) is 16.3. The van der Waals surface area contributed by atoms with E-state index in [2.05, 4.69) is 36.2 Å². The van der Waals surface area contributed by atoms with Gasteiger partial charge in [-0.25, -0.2) is 4.79 Å². The summed E-state index contributed by atoms with van der Waals surface area (Å²) in [6, 6.07) is 12.7. The molecule has 7 nitrogen and oxygen atoms in total. The first kappa shape index (κ1) is 25.6. The largest absolute Gasteiger partial charge is 0.493 e. The van der Waals surface area contributed by atoms with E-state index >= 15 is 0 Å².